The summed E-state index contributed by atoms with van der Waals surface area (Å²) >= 11 is 1.44. The lowest BCUT2D eigenvalue weighted by molar-refractivity contribution is -0.131. The number of anilines is 1. The number of benzene rings is 1. The molecule has 2 unspecified atom stereocenters. The van der Waals surface area contributed by atoms with Gasteiger partial charge >= 0.3 is 0 Å². The Balaban J connectivity index is 1.66. The minimum Gasteiger partial charge on any atom is -0.497 e. The lowest BCUT2D eigenvalue weighted by Crippen LogP contribution is -2.43. The van der Waals surface area contributed by atoms with Crippen molar-refractivity contribution in [2.45, 2.75) is 40.0 Å². The molecular weight excluding hydrogens is 336 g/mol. The van der Waals surface area contributed by atoms with Crippen LogP contribution in [0.2, 0.25) is 0 Å². The van der Waals surface area contributed by atoms with Crippen LogP contribution < -0.4 is 10.1 Å². The predicted molar refractivity (Wildman–Crippen MR) is 98.0 cm³/mol. The number of nitrogens with zero attached hydrogens (tertiary/aromatic N) is 1. The van der Waals surface area contributed by atoms with Crippen LogP contribution in [0.4, 0.5) is 5.13 Å². The van der Waals surface area contributed by atoms with Crippen LogP contribution in [0.3, 0.4) is 0 Å². The van der Waals surface area contributed by atoms with Gasteiger partial charge in [-0.3, -0.25) is 9.59 Å². The number of thiazole rings is 1. The fraction of sp³-hybridized carbons (Fsp3) is 0.526. The number of Topliss-reactive ketones (excluding diaryl/α,β-unsaturated/α-hetero) is 1. The SMILES string of the molecule is COc1ccc2sc(NC(=O)C34CCC(C)(C(=O)C3)C4(C)C)nc2c1. The van der Waals surface area contributed by atoms with Gasteiger partial charge in [-0.15, -0.1) is 0 Å². The van der Waals surface area contributed by atoms with Crippen LogP contribution in [0, 0.1) is 16.2 Å². The summed E-state index contributed by atoms with van der Waals surface area (Å²) < 4.78 is 6.22. The van der Waals surface area contributed by atoms with Crippen molar-refractivity contribution in [1.29, 1.82) is 0 Å². The number of fused-ring (bicyclic) bond motifs is 3. The van der Waals surface area contributed by atoms with Crippen molar-refractivity contribution in [3.05, 3.63) is 18.2 Å². The van der Waals surface area contributed by atoms with E-state index in [0.717, 1.165) is 28.8 Å². The first-order valence-corrected chi connectivity index (χ1v) is 9.34. The van der Waals surface area contributed by atoms with Gasteiger partial charge in [-0.05, 0) is 30.4 Å². The van der Waals surface area contributed by atoms with Gasteiger partial charge in [-0.1, -0.05) is 32.1 Å². The van der Waals surface area contributed by atoms with Gasteiger partial charge in [-0.25, -0.2) is 4.98 Å². The molecule has 6 heteroatoms. The number of hydrogen-bond donors (Lipinski definition) is 1. The standard InChI is InChI=1S/C19H22N2O3S/c1-17(2)18(3)7-8-19(17,10-14(18)22)15(23)21-16-20-12-9-11(24-4)5-6-13(12)25-16/h5-6,9H,7-8,10H2,1-4H3,(H,20,21,23). The molecule has 0 spiro atoms. The molecule has 2 aliphatic rings. The average Bonchev–Trinajstić information content (AvgIpc) is 3.10. The highest BCUT2D eigenvalue weighted by Crippen LogP contribution is 2.70. The fourth-order valence-corrected chi connectivity index (χ4v) is 5.51. The third-order valence-corrected chi connectivity index (χ3v) is 7.91. The van der Waals surface area contributed by atoms with E-state index in [4.69, 9.17) is 4.74 Å². The van der Waals surface area contributed by atoms with Crippen molar-refractivity contribution >= 4 is 38.4 Å². The largest absolute Gasteiger partial charge is 0.497 e. The summed E-state index contributed by atoms with van der Waals surface area (Å²) in [6.45, 7) is 6.14. The number of nitrogens with one attached hydrogen (secondary N) is 1. The molecule has 0 saturated heterocycles. The first-order chi connectivity index (χ1) is 11.7. The first kappa shape index (κ1) is 16.5. The van der Waals surface area contributed by atoms with Crippen LogP contribution in [-0.2, 0) is 9.59 Å². The molecule has 4 rings (SSSR count). The zero-order chi connectivity index (χ0) is 18.0. The van der Waals surface area contributed by atoms with Crippen molar-refractivity contribution in [2.24, 2.45) is 16.2 Å². The number of amides is 1. The summed E-state index contributed by atoms with van der Waals surface area (Å²) in [6, 6.07) is 5.68. The highest BCUT2D eigenvalue weighted by atomic mass is 32.1. The van der Waals surface area contributed by atoms with Gasteiger partial charge in [0.15, 0.2) is 5.13 Å². The molecule has 1 amide bonds. The van der Waals surface area contributed by atoms with Crippen LogP contribution in [-0.4, -0.2) is 23.8 Å². The monoisotopic (exact) mass is 358 g/mol. The lowest BCUT2D eigenvalue weighted by Gasteiger charge is -2.38. The van der Waals surface area contributed by atoms with Gasteiger partial charge in [0.2, 0.25) is 5.91 Å². The molecule has 2 aliphatic carbocycles. The second kappa shape index (κ2) is 5.04. The van der Waals surface area contributed by atoms with Gasteiger partial charge in [0.25, 0.3) is 0 Å². The molecule has 1 aromatic carbocycles. The maximum Gasteiger partial charge on any atom is 0.233 e. The Hall–Kier alpha value is -1.95. The van der Waals surface area contributed by atoms with Gasteiger partial charge in [0.05, 0.1) is 22.7 Å². The van der Waals surface area contributed by atoms with Crippen molar-refractivity contribution in [1.82, 2.24) is 4.98 Å². The molecule has 132 valence electrons. The molecule has 2 bridgehead atoms. The zero-order valence-corrected chi connectivity index (χ0v) is 15.8. The van der Waals surface area contributed by atoms with Crippen LogP contribution in [0.25, 0.3) is 10.2 Å². The number of hydrogen-bond acceptors (Lipinski definition) is 5. The number of rotatable bonds is 3. The minimum atomic E-state index is -0.631. The highest BCUT2D eigenvalue weighted by Gasteiger charge is 2.72. The molecule has 1 heterocycles. The van der Waals surface area contributed by atoms with Crippen molar-refractivity contribution < 1.29 is 14.3 Å². The van der Waals surface area contributed by atoms with Crippen molar-refractivity contribution in [3.63, 3.8) is 0 Å². The molecule has 1 aromatic heterocycles. The van der Waals surface area contributed by atoms with E-state index >= 15 is 0 Å². The molecular formula is C19H22N2O3S. The van der Waals surface area contributed by atoms with Gasteiger partial charge in [0, 0.05) is 17.9 Å². The molecule has 2 aromatic rings. The van der Waals surface area contributed by atoms with Gasteiger partial charge < -0.3 is 10.1 Å². The summed E-state index contributed by atoms with van der Waals surface area (Å²) in [5.41, 5.74) is -0.573. The summed E-state index contributed by atoms with van der Waals surface area (Å²) in [6.07, 6.45) is 1.87. The van der Waals surface area contributed by atoms with Gasteiger partial charge in [0.1, 0.15) is 11.5 Å². The average molecular weight is 358 g/mol. The molecule has 25 heavy (non-hydrogen) atoms. The number of ketones is 1. The van der Waals surface area contributed by atoms with E-state index in [1.165, 1.54) is 11.3 Å². The van der Waals surface area contributed by atoms with E-state index in [9.17, 15) is 9.59 Å². The normalized spacial score (nSPS) is 30.0. The van der Waals surface area contributed by atoms with Crippen LogP contribution >= 0.6 is 11.3 Å². The summed E-state index contributed by atoms with van der Waals surface area (Å²) in [7, 11) is 1.62. The summed E-state index contributed by atoms with van der Waals surface area (Å²) in [5, 5.41) is 3.57. The Morgan fingerprint density at radius 2 is 2.04 bits per heavy atom. The van der Waals surface area contributed by atoms with Gasteiger partial charge in [-0.2, -0.15) is 0 Å². The maximum absolute atomic E-state index is 13.2. The number of ether oxygens (including phenoxy) is 1. The number of carbonyl (C=O) groups is 2. The van der Waals surface area contributed by atoms with E-state index in [1.54, 1.807) is 7.11 Å². The molecule has 0 radical (unpaired) electrons. The van der Waals surface area contributed by atoms with E-state index < -0.39 is 10.8 Å². The fourth-order valence-electron chi connectivity index (χ4n) is 4.67. The van der Waals surface area contributed by atoms with E-state index in [-0.39, 0.29) is 17.1 Å². The summed E-state index contributed by atoms with van der Waals surface area (Å²) in [5.74, 6) is 0.884. The number of aromatic nitrogens is 1. The molecule has 2 atom stereocenters. The lowest BCUT2D eigenvalue weighted by atomic mass is 9.64. The Morgan fingerprint density at radius 1 is 1.28 bits per heavy atom. The Kier molecular flexibility index (Phi) is 3.33. The number of methoxy groups -OCH3 is 1. The van der Waals surface area contributed by atoms with E-state index in [2.05, 4.69) is 24.1 Å². The minimum absolute atomic E-state index is 0.0712. The molecule has 0 aliphatic heterocycles. The molecule has 2 saturated carbocycles. The van der Waals surface area contributed by atoms with E-state index in [1.807, 2.05) is 25.1 Å². The quantitative estimate of drug-likeness (QED) is 0.899. The second-order valence-electron chi connectivity index (χ2n) is 7.95. The Morgan fingerprint density at radius 3 is 2.64 bits per heavy atom. The second-order valence-corrected chi connectivity index (χ2v) is 8.98. The van der Waals surface area contributed by atoms with Crippen LogP contribution in [0.15, 0.2) is 18.2 Å². The highest BCUT2D eigenvalue weighted by molar-refractivity contribution is 7.22. The van der Waals surface area contributed by atoms with E-state index in [0.29, 0.717) is 11.6 Å². The summed E-state index contributed by atoms with van der Waals surface area (Å²) in [4.78, 5) is 30.2. The predicted octanol–water partition coefficient (Wildman–Crippen LogP) is 4.03. The maximum atomic E-state index is 13.2. The Labute approximate surface area is 150 Å². The van der Waals surface area contributed by atoms with Crippen molar-refractivity contribution in [3.8, 4) is 5.75 Å². The Bertz CT molecular complexity index is 903. The molecule has 1 N–H and O–H groups in total. The zero-order valence-electron chi connectivity index (χ0n) is 14.9. The van der Waals surface area contributed by atoms with Crippen molar-refractivity contribution in [2.75, 3.05) is 12.4 Å². The number of carbonyl (C=O) groups excluding carboxylic acids is 2. The smallest absolute Gasteiger partial charge is 0.233 e. The third kappa shape index (κ3) is 1.97. The molecule has 5 nitrogen and oxygen atoms in total. The molecule has 2 fully saturated rings. The topological polar surface area (TPSA) is 68.3 Å². The van der Waals surface area contributed by atoms with Crippen LogP contribution in [0.5, 0.6) is 5.75 Å². The third-order valence-electron chi connectivity index (χ3n) is 6.96. The van der Waals surface area contributed by atoms with Crippen LogP contribution in [0.1, 0.15) is 40.0 Å². The first-order valence-electron chi connectivity index (χ1n) is 8.53.